The molecule has 0 aromatic carbocycles. The fourth-order valence-corrected chi connectivity index (χ4v) is 1.61. The van der Waals surface area contributed by atoms with E-state index in [9.17, 15) is 5.11 Å². The summed E-state index contributed by atoms with van der Waals surface area (Å²) in [4.78, 5) is 4.22. The molecule has 1 aliphatic carbocycles. The van der Waals surface area contributed by atoms with Gasteiger partial charge in [0.1, 0.15) is 0 Å². The molecule has 1 aliphatic rings. The monoisotopic (exact) mass is 206 g/mol. The maximum atomic E-state index is 10.1. The molecule has 82 valence electrons. The van der Waals surface area contributed by atoms with Gasteiger partial charge in [0, 0.05) is 30.9 Å². The van der Waals surface area contributed by atoms with Crippen molar-refractivity contribution in [1.29, 1.82) is 0 Å². The van der Waals surface area contributed by atoms with Crippen LogP contribution in [-0.4, -0.2) is 28.3 Å². The van der Waals surface area contributed by atoms with Crippen LogP contribution in [0.25, 0.3) is 0 Å². The molecule has 2 N–H and O–H groups in total. The van der Waals surface area contributed by atoms with Crippen molar-refractivity contribution in [3.8, 4) is 0 Å². The molecule has 1 aromatic heterocycles. The minimum absolute atomic E-state index is 0.605. The normalized spacial score (nSPS) is 19.9. The van der Waals surface area contributed by atoms with Crippen LogP contribution in [0.5, 0.6) is 0 Å². The number of hydrogen-bond acceptors (Lipinski definition) is 3. The lowest BCUT2D eigenvalue weighted by Crippen LogP contribution is -2.40. The summed E-state index contributed by atoms with van der Waals surface area (Å²) in [5.41, 5.74) is 0.247. The fourth-order valence-electron chi connectivity index (χ4n) is 1.61. The molecule has 1 atom stereocenters. The highest BCUT2D eigenvalue weighted by Crippen LogP contribution is 2.20. The molecule has 15 heavy (non-hydrogen) atoms. The fraction of sp³-hybridized carbons (Fsp3) is 0.583. The van der Waals surface area contributed by atoms with Crippen LogP contribution in [0.3, 0.4) is 0 Å². The molecule has 1 unspecified atom stereocenters. The second kappa shape index (κ2) is 4.29. The predicted molar refractivity (Wildman–Crippen MR) is 59.6 cm³/mol. The Morgan fingerprint density at radius 1 is 1.53 bits per heavy atom. The standard InChI is InChI=1S/C12H18N2O/c1-12(15,9-14-10-5-6-10)8-11-4-2-3-7-13-11/h2-4,7,10,14-15H,5-6,8-9H2,1H3. The molecule has 2 rings (SSSR count). The Bertz CT molecular complexity index is 307. The van der Waals surface area contributed by atoms with E-state index in [4.69, 9.17) is 0 Å². The van der Waals surface area contributed by atoms with Crippen molar-refractivity contribution in [2.75, 3.05) is 6.54 Å². The van der Waals surface area contributed by atoms with Gasteiger partial charge in [0.25, 0.3) is 0 Å². The molecule has 3 heteroatoms. The third-order valence-electron chi connectivity index (χ3n) is 2.64. The lowest BCUT2D eigenvalue weighted by atomic mass is 10.00. The van der Waals surface area contributed by atoms with Gasteiger partial charge in [-0.15, -0.1) is 0 Å². The summed E-state index contributed by atoms with van der Waals surface area (Å²) in [6, 6.07) is 6.43. The van der Waals surface area contributed by atoms with Crippen molar-refractivity contribution >= 4 is 0 Å². The topological polar surface area (TPSA) is 45.1 Å². The molecular weight excluding hydrogens is 188 g/mol. The molecule has 1 fully saturated rings. The Hall–Kier alpha value is -0.930. The average molecular weight is 206 g/mol. The van der Waals surface area contributed by atoms with Crippen LogP contribution < -0.4 is 5.32 Å². The second-order valence-corrected chi connectivity index (χ2v) is 4.65. The molecule has 0 radical (unpaired) electrons. The zero-order valence-corrected chi connectivity index (χ0v) is 9.11. The highest BCUT2D eigenvalue weighted by atomic mass is 16.3. The van der Waals surface area contributed by atoms with Gasteiger partial charge in [-0.05, 0) is 31.9 Å². The summed E-state index contributed by atoms with van der Waals surface area (Å²) in [5.74, 6) is 0. The van der Waals surface area contributed by atoms with Gasteiger partial charge in [0.15, 0.2) is 0 Å². The number of nitrogens with zero attached hydrogens (tertiary/aromatic N) is 1. The zero-order chi connectivity index (χ0) is 10.7. The van der Waals surface area contributed by atoms with Crippen LogP contribution in [0.15, 0.2) is 24.4 Å². The minimum Gasteiger partial charge on any atom is -0.388 e. The van der Waals surface area contributed by atoms with E-state index < -0.39 is 5.60 Å². The number of aromatic nitrogens is 1. The summed E-state index contributed by atoms with van der Waals surface area (Å²) in [6.07, 6.45) is 4.87. The van der Waals surface area contributed by atoms with E-state index in [0.29, 0.717) is 19.0 Å². The van der Waals surface area contributed by atoms with Crippen molar-refractivity contribution in [2.45, 2.75) is 37.8 Å². The molecule has 3 nitrogen and oxygen atoms in total. The molecule has 1 heterocycles. The van der Waals surface area contributed by atoms with Gasteiger partial charge in [-0.25, -0.2) is 0 Å². The van der Waals surface area contributed by atoms with Gasteiger partial charge < -0.3 is 10.4 Å². The first kappa shape index (κ1) is 10.6. The van der Waals surface area contributed by atoms with Gasteiger partial charge in [0.2, 0.25) is 0 Å². The molecule has 0 bridgehead atoms. The van der Waals surface area contributed by atoms with Gasteiger partial charge in [-0.1, -0.05) is 6.07 Å². The Kier molecular flexibility index (Phi) is 3.03. The first-order valence-corrected chi connectivity index (χ1v) is 5.51. The van der Waals surface area contributed by atoms with Crippen molar-refractivity contribution in [2.24, 2.45) is 0 Å². The van der Waals surface area contributed by atoms with E-state index in [2.05, 4.69) is 10.3 Å². The van der Waals surface area contributed by atoms with Crippen LogP contribution in [0.1, 0.15) is 25.5 Å². The molecule has 0 aliphatic heterocycles. The van der Waals surface area contributed by atoms with Crippen molar-refractivity contribution in [1.82, 2.24) is 10.3 Å². The second-order valence-electron chi connectivity index (χ2n) is 4.65. The summed E-state index contributed by atoms with van der Waals surface area (Å²) in [5, 5.41) is 13.5. The molecule has 0 saturated heterocycles. The molecule has 1 saturated carbocycles. The third-order valence-corrected chi connectivity index (χ3v) is 2.64. The predicted octanol–water partition coefficient (Wildman–Crippen LogP) is 1.13. The summed E-state index contributed by atoms with van der Waals surface area (Å²) in [6.45, 7) is 2.51. The first-order chi connectivity index (χ1) is 7.16. The van der Waals surface area contributed by atoms with Crippen LogP contribution in [0.4, 0.5) is 0 Å². The largest absolute Gasteiger partial charge is 0.388 e. The third kappa shape index (κ3) is 3.61. The van der Waals surface area contributed by atoms with Gasteiger partial charge in [-0.3, -0.25) is 4.98 Å². The van der Waals surface area contributed by atoms with Crippen molar-refractivity contribution < 1.29 is 5.11 Å². The van der Waals surface area contributed by atoms with E-state index in [-0.39, 0.29) is 0 Å². The zero-order valence-electron chi connectivity index (χ0n) is 9.11. The Balaban J connectivity index is 1.85. The van der Waals surface area contributed by atoms with Gasteiger partial charge in [0.05, 0.1) is 5.60 Å². The first-order valence-electron chi connectivity index (χ1n) is 5.51. The average Bonchev–Trinajstić information content (AvgIpc) is 2.99. The highest BCUT2D eigenvalue weighted by Gasteiger charge is 2.26. The SMILES string of the molecule is CC(O)(CNC1CC1)Cc1ccccn1. The summed E-state index contributed by atoms with van der Waals surface area (Å²) >= 11 is 0. The summed E-state index contributed by atoms with van der Waals surface area (Å²) in [7, 11) is 0. The smallest absolute Gasteiger partial charge is 0.0798 e. The minimum atomic E-state index is -0.697. The Morgan fingerprint density at radius 2 is 2.33 bits per heavy atom. The van der Waals surface area contributed by atoms with Crippen LogP contribution in [0, 0.1) is 0 Å². The van der Waals surface area contributed by atoms with E-state index in [1.807, 2.05) is 25.1 Å². The summed E-state index contributed by atoms with van der Waals surface area (Å²) < 4.78 is 0. The lowest BCUT2D eigenvalue weighted by Gasteiger charge is -2.23. The van der Waals surface area contributed by atoms with E-state index in [1.54, 1.807) is 6.20 Å². The molecule has 0 amide bonds. The Morgan fingerprint density at radius 3 is 2.93 bits per heavy atom. The highest BCUT2D eigenvalue weighted by molar-refractivity contribution is 5.07. The molecule has 1 aromatic rings. The van der Waals surface area contributed by atoms with Crippen LogP contribution in [0.2, 0.25) is 0 Å². The van der Waals surface area contributed by atoms with Crippen molar-refractivity contribution in [3.63, 3.8) is 0 Å². The number of pyridine rings is 1. The number of hydrogen-bond donors (Lipinski definition) is 2. The maximum Gasteiger partial charge on any atom is 0.0798 e. The number of nitrogens with one attached hydrogen (secondary N) is 1. The van der Waals surface area contributed by atoms with Gasteiger partial charge >= 0.3 is 0 Å². The van der Waals surface area contributed by atoms with Crippen LogP contribution >= 0.6 is 0 Å². The van der Waals surface area contributed by atoms with Crippen LogP contribution in [-0.2, 0) is 6.42 Å². The van der Waals surface area contributed by atoms with Gasteiger partial charge in [-0.2, -0.15) is 0 Å². The van der Waals surface area contributed by atoms with E-state index in [0.717, 1.165) is 5.69 Å². The van der Waals surface area contributed by atoms with Crippen molar-refractivity contribution in [3.05, 3.63) is 30.1 Å². The quantitative estimate of drug-likeness (QED) is 0.759. The lowest BCUT2D eigenvalue weighted by molar-refractivity contribution is 0.0588. The number of aliphatic hydroxyl groups is 1. The maximum absolute atomic E-state index is 10.1. The molecule has 0 spiro atoms. The van der Waals surface area contributed by atoms with E-state index in [1.165, 1.54) is 12.8 Å². The van der Waals surface area contributed by atoms with E-state index >= 15 is 0 Å². The Labute approximate surface area is 90.5 Å². The number of rotatable bonds is 5. The molecular formula is C12H18N2O.